The minimum Gasteiger partial charge on any atom is -0.465 e. The number of benzene rings is 2. The van der Waals surface area contributed by atoms with Gasteiger partial charge in [-0.1, -0.05) is 24.4 Å². The van der Waals surface area contributed by atoms with Crippen LogP contribution in [0.25, 0.3) is 10.9 Å². The van der Waals surface area contributed by atoms with Gasteiger partial charge in [-0.15, -0.1) is 0 Å². The summed E-state index contributed by atoms with van der Waals surface area (Å²) in [5, 5.41) is 3.50. The lowest BCUT2D eigenvalue weighted by Gasteiger charge is -2.16. The molecule has 1 aliphatic rings. The lowest BCUT2D eigenvalue weighted by molar-refractivity contribution is 0.0600. The van der Waals surface area contributed by atoms with Gasteiger partial charge in [-0.05, 0) is 49.2 Å². The number of esters is 1. The van der Waals surface area contributed by atoms with Crippen molar-refractivity contribution in [2.45, 2.75) is 38.6 Å². The van der Waals surface area contributed by atoms with E-state index in [1.54, 1.807) is 22.8 Å². The van der Waals surface area contributed by atoms with E-state index in [9.17, 15) is 14.4 Å². The van der Waals surface area contributed by atoms with E-state index in [2.05, 4.69) is 10.3 Å². The normalized spacial score (nSPS) is 13.7. The number of methoxy groups -OCH3 is 1. The first kappa shape index (κ1) is 21.1. The van der Waals surface area contributed by atoms with Crippen molar-refractivity contribution >= 4 is 40.1 Å². The molecular weight excluding hydrogens is 418 g/mol. The van der Waals surface area contributed by atoms with Crippen molar-refractivity contribution in [2.75, 3.05) is 12.4 Å². The molecule has 0 fully saturated rings. The van der Waals surface area contributed by atoms with Crippen LogP contribution in [0.3, 0.4) is 0 Å². The number of fused-ring (bicyclic) bond motifs is 2. The lowest BCUT2D eigenvalue weighted by atomic mass is 10.1. The van der Waals surface area contributed by atoms with Gasteiger partial charge in [0.25, 0.3) is 11.5 Å². The van der Waals surface area contributed by atoms with E-state index in [0.717, 1.165) is 37.9 Å². The van der Waals surface area contributed by atoms with E-state index in [0.29, 0.717) is 33.7 Å². The monoisotopic (exact) mass is 439 g/mol. The standard InChI is InChI=1S/C23H22ClN3O4/c1-31-23(30)15-8-10-17(24)19(13-15)26-21(28)14-7-9-16-18(12-14)25-20-6-4-2-3-5-11-27(20)22(16)29/h7-10,12-13H,2-6,11H2,1H3,(H,26,28). The lowest BCUT2D eigenvalue weighted by Crippen LogP contribution is -2.26. The zero-order valence-electron chi connectivity index (χ0n) is 17.1. The van der Waals surface area contributed by atoms with Crippen LogP contribution in [0.4, 0.5) is 5.69 Å². The second kappa shape index (κ2) is 8.89. The number of aryl methyl sites for hydroxylation is 1. The first-order chi connectivity index (χ1) is 15.0. The molecule has 0 saturated carbocycles. The third-order valence-electron chi connectivity index (χ3n) is 5.46. The van der Waals surface area contributed by atoms with Crippen LogP contribution in [0, 0.1) is 0 Å². The van der Waals surface area contributed by atoms with Crippen LogP contribution >= 0.6 is 11.6 Å². The van der Waals surface area contributed by atoms with Gasteiger partial charge in [0, 0.05) is 18.5 Å². The second-order valence-corrected chi connectivity index (χ2v) is 7.93. The van der Waals surface area contributed by atoms with Crippen LogP contribution in [0.2, 0.25) is 5.02 Å². The molecule has 0 radical (unpaired) electrons. The maximum absolute atomic E-state index is 12.9. The summed E-state index contributed by atoms with van der Waals surface area (Å²) in [7, 11) is 1.28. The van der Waals surface area contributed by atoms with Crippen molar-refractivity contribution in [3.8, 4) is 0 Å². The zero-order valence-corrected chi connectivity index (χ0v) is 17.9. The van der Waals surface area contributed by atoms with E-state index in [1.165, 1.54) is 25.3 Å². The fourth-order valence-electron chi connectivity index (χ4n) is 3.80. The number of carbonyl (C=O) groups excluding carboxylic acids is 2. The van der Waals surface area contributed by atoms with Crippen LogP contribution in [0.15, 0.2) is 41.2 Å². The summed E-state index contributed by atoms with van der Waals surface area (Å²) >= 11 is 6.18. The third kappa shape index (κ3) is 4.32. The number of halogens is 1. The molecular formula is C23H22ClN3O4. The molecule has 0 saturated heterocycles. The molecule has 1 aromatic heterocycles. The van der Waals surface area contributed by atoms with Crippen LogP contribution < -0.4 is 10.9 Å². The van der Waals surface area contributed by atoms with Gasteiger partial charge < -0.3 is 10.1 Å². The summed E-state index contributed by atoms with van der Waals surface area (Å²) in [5.41, 5.74) is 1.34. The molecule has 160 valence electrons. The molecule has 2 heterocycles. The van der Waals surface area contributed by atoms with Crippen molar-refractivity contribution in [3.63, 3.8) is 0 Å². The summed E-state index contributed by atoms with van der Waals surface area (Å²) in [4.78, 5) is 42.2. The molecule has 31 heavy (non-hydrogen) atoms. The fourth-order valence-corrected chi connectivity index (χ4v) is 3.96. The molecule has 2 aromatic carbocycles. The highest BCUT2D eigenvalue weighted by Crippen LogP contribution is 2.25. The Hall–Kier alpha value is -3.19. The molecule has 0 unspecified atom stereocenters. The summed E-state index contributed by atoms with van der Waals surface area (Å²) in [5.74, 6) is -0.179. The summed E-state index contributed by atoms with van der Waals surface area (Å²) in [6.45, 7) is 0.675. The van der Waals surface area contributed by atoms with Gasteiger partial charge in [0.15, 0.2) is 0 Å². The first-order valence-electron chi connectivity index (χ1n) is 10.2. The molecule has 4 rings (SSSR count). The van der Waals surface area contributed by atoms with Gasteiger partial charge in [0.05, 0.1) is 34.3 Å². The van der Waals surface area contributed by atoms with Crippen LogP contribution in [0.5, 0.6) is 0 Å². The fraction of sp³-hybridized carbons (Fsp3) is 0.304. The predicted octanol–water partition coefficient (Wildman–Crippen LogP) is 4.21. The van der Waals surface area contributed by atoms with E-state index >= 15 is 0 Å². The maximum atomic E-state index is 12.9. The van der Waals surface area contributed by atoms with Crippen molar-refractivity contribution < 1.29 is 14.3 Å². The van der Waals surface area contributed by atoms with Gasteiger partial charge in [-0.25, -0.2) is 9.78 Å². The number of ether oxygens (including phenoxy) is 1. The highest BCUT2D eigenvalue weighted by molar-refractivity contribution is 6.34. The third-order valence-corrected chi connectivity index (χ3v) is 5.79. The average molecular weight is 440 g/mol. The van der Waals surface area contributed by atoms with E-state index in [1.807, 2.05) is 0 Å². The molecule has 1 N–H and O–H groups in total. The number of nitrogens with zero attached hydrogens (tertiary/aromatic N) is 2. The Balaban J connectivity index is 1.67. The minimum absolute atomic E-state index is 0.0670. The summed E-state index contributed by atoms with van der Waals surface area (Å²) in [6, 6.07) is 9.34. The molecule has 0 spiro atoms. The highest BCUT2D eigenvalue weighted by Gasteiger charge is 2.16. The van der Waals surface area contributed by atoms with Gasteiger partial charge in [-0.3, -0.25) is 14.2 Å². The Morgan fingerprint density at radius 3 is 2.65 bits per heavy atom. The van der Waals surface area contributed by atoms with Crippen LogP contribution in [-0.4, -0.2) is 28.5 Å². The number of amides is 1. The van der Waals surface area contributed by atoms with Gasteiger partial charge in [0.2, 0.25) is 0 Å². The molecule has 8 heteroatoms. The van der Waals surface area contributed by atoms with Crippen LogP contribution in [-0.2, 0) is 17.7 Å². The maximum Gasteiger partial charge on any atom is 0.337 e. The molecule has 1 aliphatic heterocycles. The molecule has 7 nitrogen and oxygen atoms in total. The summed E-state index contributed by atoms with van der Waals surface area (Å²) in [6.07, 6.45) is 4.95. The van der Waals surface area contributed by atoms with Crippen molar-refractivity contribution in [1.29, 1.82) is 0 Å². The number of carbonyl (C=O) groups is 2. The Morgan fingerprint density at radius 2 is 1.84 bits per heavy atom. The molecule has 1 amide bonds. The molecule has 0 atom stereocenters. The largest absolute Gasteiger partial charge is 0.465 e. The second-order valence-electron chi connectivity index (χ2n) is 7.52. The Bertz CT molecular complexity index is 1240. The Kier molecular flexibility index (Phi) is 6.04. The van der Waals surface area contributed by atoms with Gasteiger partial charge in [-0.2, -0.15) is 0 Å². The number of rotatable bonds is 3. The predicted molar refractivity (Wildman–Crippen MR) is 119 cm³/mol. The highest BCUT2D eigenvalue weighted by atomic mass is 35.5. The number of aromatic nitrogens is 2. The Morgan fingerprint density at radius 1 is 1.06 bits per heavy atom. The quantitative estimate of drug-likeness (QED) is 0.617. The van der Waals surface area contributed by atoms with E-state index in [-0.39, 0.29) is 11.1 Å². The van der Waals surface area contributed by atoms with Crippen molar-refractivity contribution in [2.24, 2.45) is 0 Å². The molecule has 3 aromatic rings. The Labute approximate surface area is 184 Å². The smallest absolute Gasteiger partial charge is 0.337 e. The SMILES string of the molecule is COC(=O)c1ccc(Cl)c(NC(=O)c2ccc3c(=O)n4c(nc3c2)CCCCCC4)c1. The first-order valence-corrected chi connectivity index (χ1v) is 10.6. The van der Waals surface area contributed by atoms with Crippen molar-refractivity contribution in [1.82, 2.24) is 9.55 Å². The van der Waals surface area contributed by atoms with Gasteiger partial charge >= 0.3 is 5.97 Å². The number of hydrogen-bond donors (Lipinski definition) is 1. The van der Waals surface area contributed by atoms with Gasteiger partial charge in [0.1, 0.15) is 5.82 Å². The van der Waals surface area contributed by atoms with Crippen LogP contribution in [0.1, 0.15) is 52.2 Å². The number of anilines is 1. The molecule has 0 aliphatic carbocycles. The topological polar surface area (TPSA) is 90.3 Å². The minimum atomic E-state index is -0.529. The molecule has 0 bridgehead atoms. The van der Waals surface area contributed by atoms with Crippen molar-refractivity contribution in [3.05, 3.63) is 68.7 Å². The summed E-state index contributed by atoms with van der Waals surface area (Å²) < 4.78 is 6.47. The number of hydrogen-bond acceptors (Lipinski definition) is 5. The number of nitrogens with one attached hydrogen (secondary N) is 1. The van der Waals surface area contributed by atoms with E-state index < -0.39 is 11.9 Å². The zero-order chi connectivity index (χ0) is 22.0. The average Bonchev–Trinajstić information content (AvgIpc) is 2.75. The van der Waals surface area contributed by atoms with E-state index in [4.69, 9.17) is 16.3 Å².